The summed E-state index contributed by atoms with van der Waals surface area (Å²) in [6.45, 7) is 6.80. The molecule has 3 aliphatic heterocycles. The van der Waals surface area contributed by atoms with Gasteiger partial charge in [0.2, 0.25) is 5.91 Å². The van der Waals surface area contributed by atoms with Crippen molar-refractivity contribution in [3.63, 3.8) is 0 Å². The lowest BCUT2D eigenvalue weighted by Crippen LogP contribution is -2.46. The van der Waals surface area contributed by atoms with Crippen LogP contribution in [0.2, 0.25) is 18.6 Å². The van der Waals surface area contributed by atoms with E-state index in [1.807, 2.05) is 62.5 Å². The van der Waals surface area contributed by atoms with Crippen molar-refractivity contribution in [1.82, 2.24) is 0 Å². The number of aliphatic hydroxyl groups is 1. The molecule has 2 aromatic rings. The first-order valence-corrected chi connectivity index (χ1v) is 15.9. The summed E-state index contributed by atoms with van der Waals surface area (Å²) in [6, 6.07) is 13.6. The lowest BCUT2D eigenvalue weighted by atomic mass is 9.82. The van der Waals surface area contributed by atoms with Crippen LogP contribution in [0.1, 0.15) is 30.9 Å². The molecule has 0 radical (unpaired) electrons. The molecule has 35 heavy (non-hydrogen) atoms. The SMILES string of the molecule is C[C@@H]1[C@@H]([Si](C)(C)O)[C@H](CCO)O[C@@]12C(=O)N(Cc1ccc(N3CCC3=O)cc1)c1ccc(Br)cc12. The number of hydrogen-bond donors (Lipinski definition) is 2. The van der Waals surface area contributed by atoms with E-state index in [-0.39, 0.29) is 29.9 Å². The van der Waals surface area contributed by atoms with Crippen molar-refractivity contribution < 1.29 is 24.2 Å². The Morgan fingerprint density at radius 2 is 1.89 bits per heavy atom. The van der Waals surface area contributed by atoms with Crippen molar-refractivity contribution in [2.45, 2.75) is 56.7 Å². The Kier molecular flexibility index (Phi) is 6.20. The molecule has 4 atom stereocenters. The summed E-state index contributed by atoms with van der Waals surface area (Å²) in [5.41, 5.74) is 2.02. The number of ether oxygens (including phenoxy) is 1. The number of amides is 2. The number of rotatable bonds is 6. The van der Waals surface area contributed by atoms with Gasteiger partial charge >= 0.3 is 0 Å². The fourth-order valence-corrected chi connectivity index (χ4v) is 9.12. The van der Waals surface area contributed by atoms with Crippen LogP contribution < -0.4 is 9.80 Å². The van der Waals surface area contributed by atoms with Crippen molar-refractivity contribution in [2.24, 2.45) is 5.92 Å². The molecule has 5 rings (SSSR count). The molecule has 0 saturated carbocycles. The first kappa shape index (κ1) is 24.6. The molecular weight excluding hydrogens is 528 g/mol. The van der Waals surface area contributed by atoms with E-state index in [0.717, 1.165) is 33.5 Å². The van der Waals surface area contributed by atoms with E-state index >= 15 is 0 Å². The maximum Gasteiger partial charge on any atom is 0.264 e. The van der Waals surface area contributed by atoms with Crippen molar-refractivity contribution in [1.29, 1.82) is 0 Å². The monoisotopic (exact) mass is 558 g/mol. The highest BCUT2D eigenvalue weighted by molar-refractivity contribution is 9.10. The van der Waals surface area contributed by atoms with E-state index in [1.165, 1.54) is 0 Å². The van der Waals surface area contributed by atoms with Gasteiger partial charge in [-0.2, -0.15) is 0 Å². The average molecular weight is 560 g/mol. The summed E-state index contributed by atoms with van der Waals surface area (Å²) in [5, 5.41) is 9.71. The molecule has 2 N–H and O–H groups in total. The second-order valence-electron chi connectivity index (χ2n) is 10.4. The lowest BCUT2D eigenvalue weighted by Gasteiger charge is -2.32. The van der Waals surface area contributed by atoms with Crippen molar-refractivity contribution in [3.05, 3.63) is 58.1 Å². The predicted molar refractivity (Wildman–Crippen MR) is 140 cm³/mol. The Hall–Kier alpha value is -2.04. The van der Waals surface area contributed by atoms with E-state index in [4.69, 9.17) is 4.74 Å². The van der Waals surface area contributed by atoms with Crippen LogP contribution in [0.25, 0.3) is 0 Å². The number of nitrogens with zero attached hydrogens (tertiary/aromatic N) is 2. The van der Waals surface area contributed by atoms with Crippen molar-refractivity contribution >= 4 is 47.4 Å². The standard InChI is InChI=1S/C26H31BrN2O5Si/c1-16-24(35(2,3)33)22(11-13-30)34-26(16)20-14-18(27)6-9-21(20)29(25(26)32)15-17-4-7-19(8-5-17)28-12-10-23(28)31/h4-9,14,16,22,24,30,33H,10-13,15H2,1-3H3/t16-,22+,24-,26+/m1/s1. The first-order valence-electron chi connectivity index (χ1n) is 12.1. The zero-order chi connectivity index (χ0) is 25.1. The molecule has 7 nitrogen and oxygen atoms in total. The van der Waals surface area contributed by atoms with Gasteiger partial charge in [0.05, 0.1) is 18.3 Å². The normalized spacial score (nSPS) is 28.1. The zero-order valence-corrected chi connectivity index (χ0v) is 22.8. The molecule has 186 valence electrons. The van der Waals surface area contributed by atoms with Gasteiger partial charge in [0.15, 0.2) is 13.9 Å². The predicted octanol–water partition coefficient (Wildman–Crippen LogP) is 3.91. The average Bonchev–Trinajstić information content (AvgIpc) is 3.21. The Morgan fingerprint density at radius 1 is 1.17 bits per heavy atom. The Balaban J connectivity index is 1.52. The van der Waals surface area contributed by atoms with Crippen molar-refractivity contribution in [3.8, 4) is 0 Å². The number of aliphatic hydroxyl groups excluding tert-OH is 1. The molecule has 0 aromatic heterocycles. The fraction of sp³-hybridized carbons (Fsp3) is 0.462. The van der Waals surface area contributed by atoms with Crippen LogP contribution >= 0.6 is 15.9 Å². The Labute approximate surface area is 214 Å². The molecule has 3 heterocycles. The van der Waals surface area contributed by atoms with Crippen LogP contribution in [0.15, 0.2) is 46.9 Å². The van der Waals surface area contributed by atoms with Gasteiger partial charge < -0.3 is 24.4 Å². The van der Waals surface area contributed by atoms with Gasteiger partial charge in [0, 0.05) is 46.8 Å². The summed E-state index contributed by atoms with van der Waals surface area (Å²) >= 11 is 3.56. The van der Waals surface area contributed by atoms with Crippen LogP contribution in [0.5, 0.6) is 0 Å². The number of carbonyl (C=O) groups excluding carboxylic acids is 2. The van der Waals surface area contributed by atoms with Gasteiger partial charge in [-0.05, 0) is 55.4 Å². The molecular formula is C26H31BrN2O5Si. The van der Waals surface area contributed by atoms with Crippen LogP contribution in [0.3, 0.4) is 0 Å². The van der Waals surface area contributed by atoms with E-state index < -0.39 is 20.0 Å². The van der Waals surface area contributed by atoms with Crippen LogP contribution in [-0.2, 0) is 26.5 Å². The summed E-state index contributed by atoms with van der Waals surface area (Å²) in [7, 11) is -2.71. The molecule has 1 spiro atoms. The van der Waals surface area contributed by atoms with Gasteiger partial charge in [-0.15, -0.1) is 0 Å². The molecule has 0 unspecified atom stereocenters. The number of β-lactam (4-membered cyclic amide) rings is 1. The maximum absolute atomic E-state index is 14.2. The summed E-state index contributed by atoms with van der Waals surface area (Å²) in [4.78, 5) is 40.7. The highest BCUT2D eigenvalue weighted by Crippen LogP contribution is 2.60. The number of hydrogen-bond acceptors (Lipinski definition) is 5. The minimum atomic E-state index is -2.71. The molecule has 0 bridgehead atoms. The van der Waals surface area contributed by atoms with Gasteiger partial charge in [-0.3, -0.25) is 9.59 Å². The van der Waals surface area contributed by atoms with Gasteiger partial charge in [-0.1, -0.05) is 35.0 Å². The number of benzene rings is 2. The molecule has 2 saturated heterocycles. The molecule has 2 fully saturated rings. The second-order valence-corrected chi connectivity index (χ2v) is 15.3. The fourth-order valence-electron chi connectivity index (χ4n) is 6.16. The smallest absolute Gasteiger partial charge is 0.264 e. The largest absolute Gasteiger partial charge is 0.432 e. The van der Waals surface area contributed by atoms with E-state index in [9.17, 15) is 19.5 Å². The summed E-state index contributed by atoms with van der Waals surface area (Å²) in [5.74, 6) is -0.261. The first-order chi connectivity index (χ1) is 16.6. The Bertz CT molecular complexity index is 1170. The number of fused-ring (bicyclic) bond motifs is 2. The van der Waals surface area contributed by atoms with E-state index in [2.05, 4.69) is 15.9 Å². The van der Waals surface area contributed by atoms with Crippen LogP contribution in [-0.4, -0.2) is 49.3 Å². The van der Waals surface area contributed by atoms with Gasteiger partial charge in [0.1, 0.15) is 0 Å². The zero-order valence-electron chi connectivity index (χ0n) is 20.2. The molecule has 0 aliphatic carbocycles. The summed E-state index contributed by atoms with van der Waals surface area (Å²) in [6.07, 6.45) is 0.564. The molecule has 3 aliphatic rings. The van der Waals surface area contributed by atoms with E-state index in [0.29, 0.717) is 19.4 Å². The van der Waals surface area contributed by atoms with E-state index in [1.54, 1.807) is 9.80 Å². The molecule has 2 amide bonds. The van der Waals surface area contributed by atoms with Gasteiger partial charge in [-0.25, -0.2) is 0 Å². The maximum atomic E-state index is 14.2. The Morgan fingerprint density at radius 3 is 2.46 bits per heavy atom. The third-order valence-corrected chi connectivity index (χ3v) is 10.8. The number of halogens is 1. The quantitative estimate of drug-likeness (QED) is 0.414. The lowest BCUT2D eigenvalue weighted by molar-refractivity contribution is -0.146. The second kappa shape index (κ2) is 8.81. The summed E-state index contributed by atoms with van der Waals surface area (Å²) < 4.78 is 7.46. The van der Waals surface area contributed by atoms with Crippen LogP contribution in [0.4, 0.5) is 11.4 Å². The van der Waals surface area contributed by atoms with Crippen LogP contribution in [0, 0.1) is 5.92 Å². The minimum absolute atomic E-state index is 0.0659. The van der Waals surface area contributed by atoms with Gasteiger partial charge in [0.25, 0.3) is 5.91 Å². The highest BCUT2D eigenvalue weighted by Gasteiger charge is 2.66. The number of anilines is 2. The number of carbonyl (C=O) groups is 2. The molecule has 9 heteroatoms. The third-order valence-electron chi connectivity index (χ3n) is 7.80. The highest BCUT2D eigenvalue weighted by atomic mass is 79.9. The molecule has 2 aromatic carbocycles. The van der Waals surface area contributed by atoms with Crippen molar-refractivity contribution in [2.75, 3.05) is 23.0 Å². The topological polar surface area (TPSA) is 90.3 Å². The minimum Gasteiger partial charge on any atom is -0.432 e. The third kappa shape index (κ3) is 3.88.